The summed E-state index contributed by atoms with van der Waals surface area (Å²) in [6.45, 7) is 2.94. The number of alkyl halides is 3. The van der Waals surface area contributed by atoms with Crippen LogP contribution in [0.25, 0.3) is 0 Å². The lowest BCUT2D eigenvalue weighted by Crippen LogP contribution is -2.64. The molecule has 1 N–H and O–H groups in total. The Kier molecular flexibility index (Phi) is 5.50. The van der Waals surface area contributed by atoms with Crippen LogP contribution >= 0.6 is 0 Å². The van der Waals surface area contributed by atoms with Gasteiger partial charge in [0, 0.05) is 17.5 Å². The predicted octanol–water partition coefficient (Wildman–Crippen LogP) is 3.64. The largest absolute Gasteiger partial charge is 0.442 e. The van der Waals surface area contributed by atoms with E-state index in [1.807, 2.05) is 5.32 Å². The minimum atomic E-state index is -5.06. The molecule has 0 spiro atoms. The number of rotatable bonds is 4. The number of hydrogen-bond donors (Lipinski definition) is 1. The average Bonchev–Trinajstić information content (AvgIpc) is 2.96. The zero-order chi connectivity index (χ0) is 20.5. The molecule has 1 aromatic carbocycles. The lowest BCUT2D eigenvalue weighted by atomic mass is 9.93. The Morgan fingerprint density at radius 2 is 1.79 bits per heavy atom. The number of nitrogens with zero attached hydrogens (tertiary/aromatic N) is 2. The Bertz CT molecular complexity index is 771. The number of carbonyl (C=O) groups is 2. The van der Waals surface area contributed by atoms with Gasteiger partial charge in [-0.15, -0.1) is 0 Å². The lowest BCUT2D eigenvalue weighted by Gasteiger charge is -2.35. The third kappa shape index (κ3) is 3.52. The molecule has 5 nitrogen and oxygen atoms in total. The molecule has 2 aliphatic rings. The van der Waals surface area contributed by atoms with Gasteiger partial charge in [0.15, 0.2) is 0 Å². The maximum absolute atomic E-state index is 14.2. The summed E-state index contributed by atoms with van der Waals surface area (Å²) in [7, 11) is 0. The van der Waals surface area contributed by atoms with E-state index >= 15 is 0 Å². The van der Waals surface area contributed by atoms with Gasteiger partial charge in [0.05, 0.1) is 0 Å². The van der Waals surface area contributed by atoms with Crippen LogP contribution in [-0.2, 0) is 9.59 Å². The molecule has 0 aromatic heterocycles. The minimum Gasteiger partial charge on any atom is -0.316 e. The topological polar surface area (TPSA) is 61.8 Å². The Hall–Kier alpha value is -2.38. The first kappa shape index (κ1) is 20.4. The molecule has 1 unspecified atom stereocenters. The maximum Gasteiger partial charge on any atom is 0.442 e. The molecule has 2 amide bonds. The summed E-state index contributed by atoms with van der Waals surface area (Å²) in [5, 5.41) is 1.91. The highest BCUT2D eigenvalue weighted by Gasteiger charge is 2.67. The number of aliphatic imine (C=N–C) groups is 1. The van der Waals surface area contributed by atoms with Gasteiger partial charge in [0.2, 0.25) is 5.91 Å². The Balaban J connectivity index is 2.12. The van der Waals surface area contributed by atoms with Crippen molar-refractivity contribution in [1.29, 1.82) is 0 Å². The molecule has 28 heavy (non-hydrogen) atoms. The van der Waals surface area contributed by atoms with Crippen molar-refractivity contribution in [2.75, 3.05) is 0 Å². The molecule has 0 bridgehead atoms. The second kappa shape index (κ2) is 7.56. The van der Waals surface area contributed by atoms with Crippen LogP contribution in [0.2, 0.25) is 0 Å². The van der Waals surface area contributed by atoms with E-state index in [1.54, 1.807) is 30.3 Å². The van der Waals surface area contributed by atoms with Gasteiger partial charge in [0.25, 0.3) is 5.91 Å². The van der Waals surface area contributed by atoms with E-state index in [-0.39, 0.29) is 11.9 Å². The van der Waals surface area contributed by atoms with Crippen LogP contribution in [0.3, 0.4) is 0 Å². The summed E-state index contributed by atoms with van der Waals surface area (Å²) >= 11 is 0. The van der Waals surface area contributed by atoms with Crippen molar-refractivity contribution >= 4 is 17.6 Å². The van der Waals surface area contributed by atoms with Crippen molar-refractivity contribution in [2.45, 2.75) is 63.8 Å². The Morgan fingerprint density at radius 3 is 2.32 bits per heavy atom. The number of halogens is 3. The van der Waals surface area contributed by atoms with Crippen LogP contribution in [0, 0.1) is 5.92 Å². The Morgan fingerprint density at radius 1 is 1.18 bits per heavy atom. The van der Waals surface area contributed by atoms with E-state index in [0.29, 0.717) is 18.4 Å². The molecule has 0 radical (unpaired) electrons. The molecule has 8 heteroatoms. The van der Waals surface area contributed by atoms with Crippen LogP contribution in [0.1, 0.15) is 51.5 Å². The average molecular weight is 395 g/mol. The molecular formula is C20H24F3N3O2. The fourth-order valence-corrected chi connectivity index (χ4v) is 3.66. The normalized spacial score (nSPS) is 23.9. The molecule has 1 aliphatic carbocycles. The predicted molar refractivity (Wildman–Crippen MR) is 98.5 cm³/mol. The van der Waals surface area contributed by atoms with Crippen LogP contribution in [0.5, 0.6) is 0 Å². The molecule has 1 aliphatic heterocycles. The first-order chi connectivity index (χ1) is 13.2. The van der Waals surface area contributed by atoms with Crippen LogP contribution in [-0.4, -0.2) is 40.4 Å². The molecule has 1 atom stereocenters. The summed E-state index contributed by atoms with van der Waals surface area (Å²) in [6, 6.07) is 7.99. The van der Waals surface area contributed by atoms with E-state index < -0.39 is 29.6 Å². The number of amidine groups is 1. The molecular weight excluding hydrogens is 371 g/mol. The van der Waals surface area contributed by atoms with Crippen molar-refractivity contribution in [3.63, 3.8) is 0 Å². The number of hydrogen-bond acceptors (Lipinski definition) is 3. The number of benzene rings is 1. The molecule has 3 rings (SSSR count). The molecule has 1 saturated carbocycles. The highest BCUT2D eigenvalue weighted by molar-refractivity contribution is 6.16. The van der Waals surface area contributed by atoms with Crippen molar-refractivity contribution in [2.24, 2.45) is 10.9 Å². The minimum absolute atomic E-state index is 0.0288. The number of nitrogens with one attached hydrogen (secondary N) is 1. The molecule has 1 heterocycles. The highest BCUT2D eigenvalue weighted by Crippen LogP contribution is 2.41. The second-order valence-electron chi connectivity index (χ2n) is 7.62. The third-order valence-corrected chi connectivity index (χ3v) is 5.24. The summed E-state index contributed by atoms with van der Waals surface area (Å²) in [4.78, 5) is 30.4. The van der Waals surface area contributed by atoms with E-state index in [0.717, 1.165) is 19.3 Å². The first-order valence-corrected chi connectivity index (χ1v) is 9.55. The molecule has 0 saturated heterocycles. The van der Waals surface area contributed by atoms with Gasteiger partial charge in [-0.3, -0.25) is 14.5 Å². The summed E-state index contributed by atoms with van der Waals surface area (Å²) < 4.78 is 42.5. The van der Waals surface area contributed by atoms with Gasteiger partial charge < -0.3 is 5.32 Å². The zero-order valence-electron chi connectivity index (χ0n) is 15.9. The summed E-state index contributed by atoms with van der Waals surface area (Å²) in [6.07, 6.45) is -1.15. The van der Waals surface area contributed by atoms with Gasteiger partial charge in [-0.1, -0.05) is 63.4 Å². The zero-order valence-corrected chi connectivity index (χ0v) is 15.9. The molecule has 1 fully saturated rings. The van der Waals surface area contributed by atoms with E-state index in [2.05, 4.69) is 4.99 Å². The fourth-order valence-electron chi connectivity index (χ4n) is 3.66. The van der Waals surface area contributed by atoms with Crippen LogP contribution < -0.4 is 5.32 Å². The Labute approximate surface area is 162 Å². The number of carbonyl (C=O) groups excluding carboxylic acids is 2. The van der Waals surface area contributed by atoms with Gasteiger partial charge in [0.1, 0.15) is 5.84 Å². The highest BCUT2D eigenvalue weighted by atomic mass is 19.4. The van der Waals surface area contributed by atoms with Crippen molar-refractivity contribution in [1.82, 2.24) is 10.2 Å². The fraction of sp³-hybridized carbons (Fsp3) is 0.550. The van der Waals surface area contributed by atoms with Crippen LogP contribution in [0.15, 0.2) is 35.3 Å². The van der Waals surface area contributed by atoms with E-state index in [9.17, 15) is 22.8 Å². The standard InChI is InChI=1S/C20H24F3N3O2/c1-13(2)17(27)25-19(20(21,22)23)18(28)26(15-11-7-4-8-12-15)16(24-19)14-9-5-3-6-10-14/h3,5-6,9-10,13,15H,4,7-8,11-12H2,1-2H3,(H,25,27). The van der Waals surface area contributed by atoms with Gasteiger partial charge >= 0.3 is 11.8 Å². The summed E-state index contributed by atoms with van der Waals surface area (Å²) in [5.74, 6) is -2.84. The maximum atomic E-state index is 14.2. The number of amides is 2. The monoisotopic (exact) mass is 395 g/mol. The lowest BCUT2D eigenvalue weighted by molar-refractivity contribution is -0.201. The van der Waals surface area contributed by atoms with Gasteiger partial charge in [-0.25, -0.2) is 4.99 Å². The first-order valence-electron chi connectivity index (χ1n) is 9.55. The van der Waals surface area contributed by atoms with Crippen molar-refractivity contribution in [3.05, 3.63) is 35.9 Å². The van der Waals surface area contributed by atoms with E-state index in [1.165, 1.54) is 18.7 Å². The van der Waals surface area contributed by atoms with Gasteiger partial charge in [-0.2, -0.15) is 13.2 Å². The van der Waals surface area contributed by atoms with Crippen molar-refractivity contribution < 1.29 is 22.8 Å². The van der Waals surface area contributed by atoms with Crippen molar-refractivity contribution in [3.8, 4) is 0 Å². The van der Waals surface area contributed by atoms with Gasteiger partial charge in [-0.05, 0) is 12.8 Å². The quantitative estimate of drug-likeness (QED) is 0.846. The third-order valence-electron chi connectivity index (χ3n) is 5.24. The smallest absolute Gasteiger partial charge is 0.316 e. The van der Waals surface area contributed by atoms with E-state index in [4.69, 9.17) is 0 Å². The molecule has 152 valence electrons. The van der Waals surface area contributed by atoms with Crippen LogP contribution in [0.4, 0.5) is 13.2 Å². The second-order valence-corrected chi connectivity index (χ2v) is 7.62. The summed E-state index contributed by atoms with van der Waals surface area (Å²) in [5.41, 5.74) is -2.86. The SMILES string of the molecule is CC(C)C(=O)NC1(C(F)(F)F)N=C(c2ccccc2)N(C2CCCCC2)C1=O. The molecule has 1 aromatic rings.